The lowest BCUT2D eigenvalue weighted by atomic mass is 10.2. The van der Waals surface area contributed by atoms with Gasteiger partial charge in [0.25, 0.3) is 0 Å². The van der Waals surface area contributed by atoms with Crippen molar-refractivity contribution < 1.29 is 9.18 Å². The SMILES string of the molecule is NCCCCCC(=O)Nc1cc(F)ccc1Cl. The fourth-order valence-electron chi connectivity index (χ4n) is 1.41. The molecule has 0 aliphatic rings. The zero-order valence-corrected chi connectivity index (χ0v) is 10.3. The maximum atomic E-state index is 12.9. The molecule has 0 saturated carbocycles. The highest BCUT2D eigenvalue weighted by Gasteiger charge is 2.06. The summed E-state index contributed by atoms with van der Waals surface area (Å²) in [4.78, 5) is 11.5. The molecule has 0 radical (unpaired) electrons. The van der Waals surface area contributed by atoms with E-state index < -0.39 is 5.82 Å². The molecule has 0 heterocycles. The Morgan fingerprint density at radius 1 is 1.35 bits per heavy atom. The molecule has 5 heteroatoms. The molecule has 0 atom stereocenters. The van der Waals surface area contributed by atoms with Crippen molar-refractivity contribution in [3.8, 4) is 0 Å². The lowest BCUT2D eigenvalue weighted by Gasteiger charge is -2.07. The van der Waals surface area contributed by atoms with Gasteiger partial charge in [-0.2, -0.15) is 0 Å². The Hall–Kier alpha value is -1.13. The third-order valence-corrected chi connectivity index (χ3v) is 2.64. The number of carbonyl (C=O) groups is 1. The minimum Gasteiger partial charge on any atom is -0.330 e. The van der Waals surface area contributed by atoms with Gasteiger partial charge in [-0.3, -0.25) is 4.79 Å². The van der Waals surface area contributed by atoms with Gasteiger partial charge in [-0.25, -0.2) is 4.39 Å². The lowest BCUT2D eigenvalue weighted by Crippen LogP contribution is -2.12. The summed E-state index contributed by atoms with van der Waals surface area (Å²) < 4.78 is 12.9. The van der Waals surface area contributed by atoms with Crippen LogP contribution in [0.4, 0.5) is 10.1 Å². The number of hydrogen-bond acceptors (Lipinski definition) is 2. The molecule has 0 aromatic heterocycles. The number of amides is 1. The molecule has 1 aromatic rings. The number of carbonyl (C=O) groups excluding carboxylic acids is 1. The van der Waals surface area contributed by atoms with Gasteiger partial charge in [0.15, 0.2) is 0 Å². The van der Waals surface area contributed by atoms with E-state index in [1.165, 1.54) is 18.2 Å². The maximum Gasteiger partial charge on any atom is 0.224 e. The maximum absolute atomic E-state index is 12.9. The topological polar surface area (TPSA) is 55.1 Å². The molecule has 0 bridgehead atoms. The standard InChI is InChI=1S/C12H16ClFN2O/c13-10-6-5-9(14)8-11(10)16-12(17)4-2-1-3-7-15/h5-6,8H,1-4,7,15H2,(H,16,17). The van der Waals surface area contributed by atoms with Crippen molar-refractivity contribution in [2.75, 3.05) is 11.9 Å². The van der Waals surface area contributed by atoms with E-state index >= 15 is 0 Å². The van der Waals surface area contributed by atoms with E-state index in [4.69, 9.17) is 17.3 Å². The van der Waals surface area contributed by atoms with E-state index in [0.717, 1.165) is 19.3 Å². The molecule has 94 valence electrons. The normalized spacial score (nSPS) is 10.3. The molecule has 1 rings (SSSR count). The van der Waals surface area contributed by atoms with Gasteiger partial charge in [0.2, 0.25) is 5.91 Å². The van der Waals surface area contributed by atoms with Crippen molar-refractivity contribution in [3.05, 3.63) is 29.0 Å². The van der Waals surface area contributed by atoms with Crippen LogP contribution in [0.5, 0.6) is 0 Å². The van der Waals surface area contributed by atoms with Crippen LogP contribution >= 0.6 is 11.6 Å². The van der Waals surface area contributed by atoms with Gasteiger partial charge < -0.3 is 11.1 Å². The molecule has 1 aromatic carbocycles. The number of rotatable bonds is 6. The van der Waals surface area contributed by atoms with Crippen LogP contribution < -0.4 is 11.1 Å². The monoisotopic (exact) mass is 258 g/mol. The fraction of sp³-hybridized carbons (Fsp3) is 0.417. The molecule has 0 saturated heterocycles. The number of benzene rings is 1. The summed E-state index contributed by atoms with van der Waals surface area (Å²) >= 11 is 5.83. The summed E-state index contributed by atoms with van der Waals surface area (Å²) in [5.41, 5.74) is 5.66. The van der Waals surface area contributed by atoms with Gasteiger partial charge in [0, 0.05) is 6.42 Å². The molecule has 0 aliphatic heterocycles. The third-order valence-electron chi connectivity index (χ3n) is 2.31. The van der Waals surface area contributed by atoms with Gasteiger partial charge in [-0.05, 0) is 37.6 Å². The molecule has 3 nitrogen and oxygen atoms in total. The first-order chi connectivity index (χ1) is 8.13. The first kappa shape index (κ1) is 13.9. The predicted molar refractivity (Wildman–Crippen MR) is 67.6 cm³/mol. The molecular formula is C12H16ClFN2O. The minimum atomic E-state index is -0.423. The molecule has 3 N–H and O–H groups in total. The molecule has 1 amide bonds. The van der Waals surface area contributed by atoms with E-state index in [2.05, 4.69) is 5.32 Å². The Labute approximate surface area is 105 Å². The van der Waals surface area contributed by atoms with Crippen LogP contribution in [-0.4, -0.2) is 12.5 Å². The predicted octanol–water partition coefficient (Wildman–Crippen LogP) is 2.94. The van der Waals surface area contributed by atoms with Gasteiger partial charge in [-0.15, -0.1) is 0 Å². The molecule has 0 fully saturated rings. The first-order valence-electron chi connectivity index (χ1n) is 5.58. The van der Waals surface area contributed by atoms with E-state index in [9.17, 15) is 9.18 Å². The highest BCUT2D eigenvalue weighted by Crippen LogP contribution is 2.22. The highest BCUT2D eigenvalue weighted by atomic mass is 35.5. The van der Waals surface area contributed by atoms with Gasteiger partial charge in [0.05, 0.1) is 10.7 Å². The Morgan fingerprint density at radius 3 is 2.82 bits per heavy atom. The van der Waals surface area contributed by atoms with Crippen LogP contribution in [0, 0.1) is 5.82 Å². The molecule has 0 spiro atoms. The first-order valence-corrected chi connectivity index (χ1v) is 5.96. The van der Waals surface area contributed by atoms with Crippen LogP contribution in [0.15, 0.2) is 18.2 Å². The second-order valence-electron chi connectivity index (χ2n) is 3.77. The van der Waals surface area contributed by atoms with Crippen molar-refractivity contribution >= 4 is 23.2 Å². The average molecular weight is 259 g/mol. The van der Waals surface area contributed by atoms with Crippen molar-refractivity contribution in [1.29, 1.82) is 0 Å². The number of halogens is 2. The summed E-state index contributed by atoms with van der Waals surface area (Å²) in [6.07, 6.45) is 3.00. The molecule has 17 heavy (non-hydrogen) atoms. The average Bonchev–Trinajstić information content (AvgIpc) is 2.29. The smallest absolute Gasteiger partial charge is 0.224 e. The van der Waals surface area contributed by atoms with Gasteiger partial charge in [-0.1, -0.05) is 18.0 Å². The van der Waals surface area contributed by atoms with Gasteiger partial charge in [0.1, 0.15) is 5.82 Å². The number of hydrogen-bond donors (Lipinski definition) is 2. The Morgan fingerprint density at radius 2 is 2.12 bits per heavy atom. The van der Waals surface area contributed by atoms with Crippen LogP contribution in [0.25, 0.3) is 0 Å². The number of nitrogens with two attached hydrogens (primary N) is 1. The van der Waals surface area contributed by atoms with E-state index in [-0.39, 0.29) is 5.91 Å². The summed E-state index contributed by atoms with van der Waals surface area (Å²) in [5.74, 6) is -0.581. The number of unbranched alkanes of at least 4 members (excludes halogenated alkanes) is 2. The highest BCUT2D eigenvalue weighted by molar-refractivity contribution is 6.33. The van der Waals surface area contributed by atoms with E-state index in [1.54, 1.807) is 0 Å². The van der Waals surface area contributed by atoms with Crippen molar-refractivity contribution in [1.82, 2.24) is 0 Å². The van der Waals surface area contributed by atoms with Crippen LogP contribution in [0.1, 0.15) is 25.7 Å². The second-order valence-corrected chi connectivity index (χ2v) is 4.18. The van der Waals surface area contributed by atoms with Crippen molar-refractivity contribution in [2.45, 2.75) is 25.7 Å². The minimum absolute atomic E-state index is 0.158. The Balaban J connectivity index is 2.42. The number of nitrogens with one attached hydrogen (secondary N) is 1. The van der Waals surface area contributed by atoms with Crippen LogP contribution in [-0.2, 0) is 4.79 Å². The Kier molecular flexibility index (Phi) is 5.94. The second kappa shape index (κ2) is 7.25. The zero-order chi connectivity index (χ0) is 12.7. The lowest BCUT2D eigenvalue weighted by molar-refractivity contribution is -0.116. The van der Waals surface area contributed by atoms with Crippen molar-refractivity contribution in [3.63, 3.8) is 0 Å². The number of anilines is 1. The van der Waals surface area contributed by atoms with E-state index in [0.29, 0.717) is 23.7 Å². The zero-order valence-electron chi connectivity index (χ0n) is 9.51. The molecule has 0 aliphatic carbocycles. The molecule has 0 unspecified atom stereocenters. The summed E-state index contributed by atoms with van der Waals surface area (Å²) in [7, 11) is 0. The van der Waals surface area contributed by atoms with Crippen LogP contribution in [0.2, 0.25) is 5.02 Å². The van der Waals surface area contributed by atoms with Crippen molar-refractivity contribution in [2.24, 2.45) is 5.73 Å². The quantitative estimate of drug-likeness (QED) is 0.771. The Bertz CT molecular complexity index is 385. The molecular weight excluding hydrogens is 243 g/mol. The largest absolute Gasteiger partial charge is 0.330 e. The summed E-state index contributed by atoms with van der Waals surface area (Å²) in [5, 5.41) is 2.92. The van der Waals surface area contributed by atoms with E-state index in [1.807, 2.05) is 0 Å². The van der Waals surface area contributed by atoms with Gasteiger partial charge >= 0.3 is 0 Å². The fourth-order valence-corrected chi connectivity index (χ4v) is 1.58. The summed E-state index contributed by atoms with van der Waals surface area (Å²) in [6, 6.07) is 3.88. The summed E-state index contributed by atoms with van der Waals surface area (Å²) in [6.45, 7) is 0.636. The van der Waals surface area contributed by atoms with Crippen LogP contribution in [0.3, 0.4) is 0 Å². The third kappa shape index (κ3) is 5.15.